The minimum absolute atomic E-state index is 0.0853. The Balaban J connectivity index is 1.09. The van der Waals surface area contributed by atoms with E-state index in [1.807, 2.05) is 24.3 Å². The second kappa shape index (κ2) is 16.0. The van der Waals surface area contributed by atoms with Gasteiger partial charge in [0.05, 0.1) is 35.3 Å². The quantitative estimate of drug-likeness (QED) is 0.121. The lowest BCUT2D eigenvalue weighted by atomic mass is 10.2. The highest BCUT2D eigenvalue weighted by molar-refractivity contribution is 7.21. The Morgan fingerprint density at radius 3 is 2.06 bits per heavy atom. The molecule has 268 valence electrons. The molecule has 0 aliphatic carbocycles. The van der Waals surface area contributed by atoms with Crippen LogP contribution in [-0.2, 0) is 25.4 Å². The lowest BCUT2D eigenvalue weighted by Gasteiger charge is -2.26. The predicted molar refractivity (Wildman–Crippen MR) is 197 cm³/mol. The maximum Gasteiger partial charge on any atom is 0.272 e. The molecular weight excluding hydrogens is 696 g/mol. The van der Waals surface area contributed by atoms with Crippen LogP contribution in [0, 0.1) is 0 Å². The molecular formula is C35H39ClN8O6S. The summed E-state index contributed by atoms with van der Waals surface area (Å²) in [5.41, 5.74) is 2.13. The average Bonchev–Trinajstić information content (AvgIpc) is 3.88. The van der Waals surface area contributed by atoms with Crippen LogP contribution >= 0.6 is 22.9 Å². The van der Waals surface area contributed by atoms with Crippen molar-refractivity contribution in [1.29, 1.82) is 0 Å². The largest absolute Gasteiger partial charge is 0.396 e. The summed E-state index contributed by atoms with van der Waals surface area (Å²) in [7, 11) is 3.41. The van der Waals surface area contributed by atoms with Crippen molar-refractivity contribution in [2.24, 2.45) is 14.1 Å². The summed E-state index contributed by atoms with van der Waals surface area (Å²) in [5.74, 6) is -1.55. The van der Waals surface area contributed by atoms with Crippen LogP contribution in [-0.4, -0.2) is 93.3 Å². The third-order valence-electron chi connectivity index (χ3n) is 8.49. The van der Waals surface area contributed by atoms with Gasteiger partial charge in [0, 0.05) is 82.1 Å². The zero-order chi connectivity index (χ0) is 36.1. The van der Waals surface area contributed by atoms with Gasteiger partial charge in [0.25, 0.3) is 23.6 Å². The number of carbonyl (C=O) groups excluding carboxylic acids is 4. The first-order valence-electron chi connectivity index (χ1n) is 16.4. The van der Waals surface area contributed by atoms with Crippen LogP contribution < -0.4 is 21.3 Å². The molecule has 1 saturated heterocycles. The van der Waals surface area contributed by atoms with Gasteiger partial charge in [0.1, 0.15) is 22.0 Å². The molecule has 1 aliphatic rings. The fourth-order valence-electron chi connectivity index (χ4n) is 5.89. The van der Waals surface area contributed by atoms with Crippen molar-refractivity contribution in [2.45, 2.75) is 13.0 Å². The van der Waals surface area contributed by atoms with Gasteiger partial charge >= 0.3 is 0 Å². The molecule has 5 N–H and O–H groups in total. The third-order valence-corrected chi connectivity index (χ3v) is 10.2. The predicted octanol–water partition coefficient (Wildman–Crippen LogP) is 4.23. The Morgan fingerprint density at radius 2 is 1.39 bits per heavy atom. The molecule has 16 heteroatoms. The van der Waals surface area contributed by atoms with E-state index in [2.05, 4.69) is 26.2 Å². The number of rotatable bonds is 13. The minimum Gasteiger partial charge on any atom is -0.396 e. The molecule has 5 heterocycles. The van der Waals surface area contributed by atoms with Crippen LogP contribution in [0.25, 0.3) is 10.1 Å². The van der Waals surface area contributed by atoms with Crippen LogP contribution in [0.2, 0.25) is 5.02 Å². The van der Waals surface area contributed by atoms with E-state index in [9.17, 15) is 24.3 Å². The van der Waals surface area contributed by atoms with Crippen molar-refractivity contribution in [2.75, 3.05) is 62.0 Å². The molecule has 1 aromatic carbocycles. The van der Waals surface area contributed by atoms with E-state index in [1.54, 1.807) is 64.6 Å². The lowest BCUT2D eigenvalue weighted by Crippen LogP contribution is -2.41. The first-order valence-corrected chi connectivity index (χ1v) is 17.6. The highest BCUT2D eigenvalue weighted by Gasteiger charge is 2.22. The van der Waals surface area contributed by atoms with Gasteiger partial charge < -0.3 is 44.8 Å². The Hall–Kier alpha value is -4.93. The van der Waals surface area contributed by atoms with Gasteiger partial charge in [-0.3, -0.25) is 24.1 Å². The number of fused-ring (bicyclic) bond motifs is 1. The standard InChI is InChI=1S/C35H39ClN8O6S/c1-41-19-22(16-26(41)32(46)37-8-10-43-11-14-50-15-12-43)38-33(47)27-17-23(20-42(27)2)39-34(48)28-18-24(21-44(28)9-5-13-45)40-35(49)31-30(36)25-6-3-4-7-29(25)51-31/h3-4,6-7,16-21,45H,5,8-15H2,1-2H3,(H,37,46)(H,38,47)(H,39,48)(H,40,49). The van der Waals surface area contributed by atoms with Crippen molar-refractivity contribution >= 4 is 73.7 Å². The number of hydrogen-bond acceptors (Lipinski definition) is 8. The van der Waals surface area contributed by atoms with Gasteiger partial charge in [-0.05, 0) is 30.7 Å². The van der Waals surface area contributed by atoms with Gasteiger partial charge in [-0.1, -0.05) is 29.8 Å². The van der Waals surface area contributed by atoms with Gasteiger partial charge in [-0.2, -0.15) is 0 Å². The number of thiophene rings is 1. The smallest absolute Gasteiger partial charge is 0.272 e. The van der Waals surface area contributed by atoms with Crippen molar-refractivity contribution < 1.29 is 29.0 Å². The van der Waals surface area contributed by atoms with Crippen LogP contribution in [0.1, 0.15) is 47.6 Å². The first kappa shape index (κ1) is 35.9. The zero-order valence-electron chi connectivity index (χ0n) is 28.2. The maximum atomic E-state index is 13.5. The summed E-state index contributed by atoms with van der Waals surface area (Å²) in [6.45, 7) is 4.52. The second-order valence-electron chi connectivity index (χ2n) is 12.1. The van der Waals surface area contributed by atoms with E-state index in [-0.39, 0.29) is 23.9 Å². The molecule has 0 radical (unpaired) electrons. The number of amides is 4. The number of anilines is 3. The van der Waals surface area contributed by atoms with E-state index in [0.717, 1.165) is 29.7 Å². The molecule has 0 bridgehead atoms. The molecule has 4 amide bonds. The Morgan fingerprint density at radius 1 is 0.804 bits per heavy atom. The fourth-order valence-corrected chi connectivity index (χ4v) is 7.31. The van der Waals surface area contributed by atoms with E-state index in [4.69, 9.17) is 16.3 Å². The van der Waals surface area contributed by atoms with Gasteiger partial charge in [0.2, 0.25) is 0 Å². The number of aryl methyl sites for hydroxylation is 3. The summed E-state index contributed by atoms with van der Waals surface area (Å²) in [5, 5.41) is 22.0. The number of benzene rings is 1. The molecule has 0 unspecified atom stereocenters. The lowest BCUT2D eigenvalue weighted by molar-refractivity contribution is 0.0383. The number of ether oxygens (including phenoxy) is 1. The fraction of sp³-hybridized carbons (Fsp3) is 0.314. The van der Waals surface area contributed by atoms with E-state index in [1.165, 1.54) is 11.3 Å². The Kier molecular flexibility index (Phi) is 11.2. The van der Waals surface area contributed by atoms with E-state index >= 15 is 0 Å². The zero-order valence-corrected chi connectivity index (χ0v) is 29.8. The number of halogens is 1. The molecule has 1 fully saturated rings. The highest BCUT2D eigenvalue weighted by Crippen LogP contribution is 2.35. The Labute approximate surface area is 302 Å². The molecule has 0 saturated carbocycles. The van der Waals surface area contributed by atoms with Crippen LogP contribution in [0.5, 0.6) is 0 Å². The summed E-state index contributed by atoms with van der Waals surface area (Å²) in [4.78, 5) is 55.4. The Bertz CT molecular complexity index is 2070. The van der Waals surface area contributed by atoms with Crippen molar-refractivity contribution in [3.05, 3.63) is 88.0 Å². The van der Waals surface area contributed by atoms with Gasteiger partial charge in [-0.15, -0.1) is 11.3 Å². The monoisotopic (exact) mass is 734 g/mol. The number of aromatic nitrogens is 3. The number of aliphatic hydroxyl groups is 1. The van der Waals surface area contributed by atoms with Gasteiger partial charge in [-0.25, -0.2) is 0 Å². The molecule has 51 heavy (non-hydrogen) atoms. The molecule has 14 nitrogen and oxygen atoms in total. The highest BCUT2D eigenvalue weighted by atomic mass is 35.5. The average molecular weight is 735 g/mol. The summed E-state index contributed by atoms with van der Waals surface area (Å²) >= 11 is 7.79. The number of nitrogens with one attached hydrogen (secondary N) is 4. The SMILES string of the molecule is Cn1cc(NC(=O)c2cc(NC(=O)c3cc(NC(=O)c4sc5ccccc5c4Cl)cn3CCCO)cn2C)cc1C(=O)NCCN1CCOCC1. The second-order valence-corrected chi connectivity index (χ2v) is 13.6. The molecule has 6 rings (SSSR count). The molecule has 4 aromatic heterocycles. The minimum atomic E-state index is -0.474. The normalized spacial score (nSPS) is 13.3. The molecule has 0 spiro atoms. The van der Waals surface area contributed by atoms with Crippen molar-refractivity contribution in [1.82, 2.24) is 23.9 Å². The topological polar surface area (TPSA) is 164 Å². The number of carbonyl (C=O) groups is 4. The summed E-state index contributed by atoms with van der Waals surface area (Å²) in [6.07, 6.45) is 5.29. The summed E-state index contributed by atoms with van der Waals surface area (Å²) < 4.78 is 11.1. The van der Waals surface area contributed by atoms with Crippen molar-refractivity contribution in [3.63, 3.8) is 0 Å². The van der Waals surface area contributed by atoms with Crippen LogP contribution in [0.4, 0.5) is 17.1 Å². The summed E-state index contributed by atoms with van der Waals surface area (Å²) in [6, 6.07) is 12.2. The number of aliphatic hydroxyl groups excluding tert-OH is 1. The molecule has 0 atom stereocenters. The van der Waals surface area contributed by atoms with Crippen LogP contribution in [0.15, 0.2) is 61.1 Å². The maximum absolute atomic E-state index is 13.5. The van der Waals surface area contributed by atoms with Crippen LogP contribution in [0.3, 0.4) is 0 Å². The molecule has 1 aliphatic heterocycles. The van der Waals surface area contributed by atoms with Crippen molar-refractivity contribution in [3.8, 4) is 0 Å². The third kappa shape index (κ3) is 8.35. The van der Waals surface area contributed by atoms with E-state index in [0.29, 0.717) is 65.4 Å². The van der Waals surface area contributed by atoms with Gasteiger partial charge in [0.15, 0.2) is 0 Å². The molecule has 5 aromatic rings. The van der Waals surface area contributed by atoms with E-state index < -0.39 is 17.7 Å². The first-order chi connectivity index (χ1) is 24.6. The number of nitrogens with zero attached hydrogens (tertiary/aromatic N) is 4. The number of morpholine rings is 1. The number of hydrogen-bond donors (Lipinski definition) is 5.